The van der Waals surface area contributed by atoms with Crippen molar-refractivity contribution in [3.63, 3.8) is 0 Å². The molecule has 0 saturated carbocycles. The van der Waals surface area contributed by atoms with Crippen LogP contribution in [-0.2, 0) is 6.42 Å². The molecule has 0 aromatic heterocycles. The molecule has 0 fully saturated rings. The molecular weight excluding hydrogens is 555 g/mol. The molecule has 2 N–H and O–H groups in total. The Bertz CT molecular complexity index is 1970. The highest BCUT2D eigenvalue weighted by atomic mass is 35.5. The number of aromatic hydroxyl groups is 1. The van der Waals surface area contributed by atoms with Gasteiger partial charge in [-0.25, -0.2) is 0 Å². The third kappa shape index (κ3) is 4.84. The molecule has 41 heavy (non-hydrogen) atoms. The Morgan fingerprint density at radius 2 is 1.63 bits per heavy atom. The van der Waals surface area contributed by atoms with Gasteiger partial charge >= 0.3 is 0 Å². The molecule has 2 aliphatic carbocycles. The minimum Gasteiger partial charge on any atom is -0.507 e. The summed E-state index contributed by atoms with van der Waals surface area (Å²) < 4.78 is 0. The van der Waals surface area contributed by atoms with Gasteiger partial charge in [0, 0.05) is 22.0 Å². The lowest BCUT2D eigenvalue weighted by Gasteiger charge is -2.29. The van der Waals surface area contributed by atoms with Crippen LogP contribution in [0.1, 0.15) is 50.7 Å². The van der Waals surface area contributed by atoms with Gasteiger partial charge in [-0.1, -0.05) is 65.7 Å². The molecule has 2 aliphatic rings. The first kappa shape index (κ1) is 27.3. The zero-order valence-corrected chi connectivity index (χ0v) is 24.2. The number of amides is 1. The quantitative estimate of drug-likeness (QED) is 0.283. The summed E-state index contributed by atoms with van der Waals surface area (Å²) in [6, 6.07) is 21.4. The predicted octanol–water partition coefficient (Wildman–Crippen LogP) is 6.00. The van der Waals surface area contributed by atoms with Crippen LogP contribution in [0, 0.1) is 10.4 Å². The number of nitrogens with one attached hydrogen (secondary N) is 1. The number of ketones is 1. The fourth-order valence-electron chi connectivity index (χ4n) is 6.00. The first-order valence-electron chi connectivity index (χ1n) is 13.5. The van der Waals surface area contributed by atoms with Crippen molar-refractivity contribution in [1.82, 2.24) is 4.90 Å². The molecule has 1 atom stereocenters. The van der Waals surface area contributed by atoms with Crippen molar-refractivity contribution in [3.8, 4) is 5.75 Å². The topological polar surface area (TPSA) is 69.6 Å². The summed E-state index contributed by atoms with van der Waals surface area (Å²) in [4.78, 5) is 28.8. The molecule has 0 saturated heterocycles. The monoisotopic (exact) mass is 582 g/mol. The minimum atomic E-state index is -0.353. The number of hydrogen-bond acceptors (Lipinski definition) is 4. The molecule has 6 rings (SSSR count). The maximum Gasteiger partial charge on any atom is 0.257 e. The van der Waals surface area contributed by atoms with Crippen molar-refractivity contribution < 1.29 is 14.7 Å². The number of Topliss-reactive ketones (excluding diaryl/α,β-unsaturated/α-hetero) is 1. The summed E-state index contributed by atoms with van der Waals surface area (Å²) in [6.07, 6.45) is 4.47. The Morgan fingerprint density at radius 1 is 0.854 bits per heavy atom. The summed E-state index contributed by atoms with van der Waals surface area (Å²) >= 11 is 12.8. The van der Waals surface area contributed by atoms with Gasteiger partial charge in [-0.15, -0.1) is 0 Å². The molecule has 7 heteroatoms. The van der Waals surface area contributed by atoms with E-state index < -0.39 is 0 Å². The predicted molar refractivity (Wildman–Crippen MR) is 164 cm³/mol. The summed E-state index contributed by atoms with van der Waals surface area (Å²) in [5.74, 6) is -0.200. The highest BCUT2D eigenvalue weighted by Gasteiger charge is 2.26. The molecule has 4 aromatic rings. The van der Waals surface area contributed by atoms with E-state index in [1.165, 1.54) is 11.1 Å². The Labute approximate surface area is 247 Å². The third-order valence-electron chi connectivity index (χ3n) is 7.95. The van der Waals surface area contributed by atoms with Gasteiger partial charge in [-0.2, -0.15) is 0 Å². The van der Waals surface area contributed by atoms with E-state index in [-0.39, 0.29) is 28.5 Å². The van der Waals surface area contributed by atoms with Crippen LogP contribution >= 0.6 is 23.2 Å². The number of nitrogens with zero attached hydrogens (tertiary/aromatic N) is 1. The van der Waals surface area contributed by atoms with Crippen molar-refractivity contribution in [2.24, 2.45) is 0 Å². The van der Waals surface area contributed by atoms with Gasteiger partial charge in [0.05, 0.1) is 21.7 Å². The van der Waals surface area contributed by atoms with Crippen molar-refractivity contribution in [2.75, 3.05) is 19.4 Å². The van der Waals surface area contributed by atoms with Gasteiger partial charge in [-0.05, 0) is 96.5 Å². The molecule has 0 aliphatic heterocycles. The van der Waals surface area contributed by atoms with Crippen LogP contribution in [0.3, 0.4) is 0 Å². The van der Waals surface area contributed by atoms with E-state index in [0.717, 1.165) is 39.3 Å². The van der Waals surface area contributed by atoms with Gasteiger partial charge in [-0.3, -0.25) is 14.5 Å². The van der Waals surface area contributed by atoms with Crippen LogP contribution in [-0.4, -0.2) is 35.8 Å². The van der Waals surface area contributed by atoms with Crippen LogP contribution in [0.4, 0.5) is 5.69 Å². The van der Waals surface area contributed by atoms with Crippen LogP contribution in [0.5, 0.6) is 5.75 Å². The number of fused-ring (bicyclic) bond motifs is 4. The lowest BCUT2D eigenvalue weighted by molar-refractivity contribution is 0.102. The van der Waals surface area contributed by atoms with Gasteiger partial charge in [0.15, 0.2) is 5.78 Å². The Hall–Kier alpha value is -3.90. The lowest BCUT2D eigenvalue weighted by atomic mass is 9.82. The molecule has 206 valence electrons. The fourth-order valence-corrected chi connectivity index (χ4v) is 6.48. The minimum absolute atomic E-state index is 0.0418. The molecule has 0 radical (unpaired) electrons. The van der Waals surface area contributed by atoms with Crippen LogP contribution < -0.4 is 15.8 Å². The summed E-state index contributed by atoms with van der Waals surface area (Å²) in [5.41, 5.74) is 4.32. The maximum atomic E-state index is 13.9. The van der Waals surface area contributed by atoms with Crippen molar-refractivity contribution in [2.45, 2.75) is 25.3 Å². The first-order chi connectivity index (χ1) is 19.7. The van der Waals surface area contributed by atoms with Crippen LogP contribution in [0.2, 0.25) is 10.0 Å². The standard InChI is InChI=1S/C34H28Cl2N2O3/c1-38(2)30-18-27-20(8-6-12-31(27)39)23-16-15-21-22(32(23)30)9-5-10-24(21)33(40)25-14-13-19(17-29(25)36)37-34(41)26-7-3-4-11-28(26)35/h3-4,6-8,11-18,30,39H,5,9-10H2,1-2H3,(H,37,41). The highest BCUT2D eigenvalue weighted by molar-refractivity contribution is 6.38. The average Bonchev–Trinajstić information content (AvgIpc) is 2.96. The Morgan fingerprint density at radius 3 is 2.39 bits per heavy atom. The van der Waals surface area contributed by atoms with Gasteiger partial charge in [0.1, 0.15) is 5.75 Å². The van der Waals surface area contributed by atoms with Crippen molar-refractivity contribution in [1.29, 1.82) is 0 Å². The number of rotatable bonds is 5. The number of anilines is 1. The average molecular weight is 584 g/mol. The molecule has 5 nitrogen and oxygen atoms in total. The fraction of sp³-hybridized carbons (Fsp3) is 0.176. The molecule has 0 bridgehead atoms. The zero-order valence-electron chi connectivity index (χ0n) is 22.7. The molecule has 1 amide bonds. The van der Waals surface area contributed by atoms with E-state index in [4.69, 9.17) is 23.2 Å². The molecular formula is C34H28Cl2N2O3. The van der Waals surface area contributed by atoms with Gasteiger partial charge in [0.25, 0.3) is 5.91 Å². The van der Waals surface area contributed by atoms with E-state index in [9.17, 15) is 14.7 Å². The maximum absolute atomic E-state index is 13.9. The van der Waals surface area contributed by atoms with E-state index >= 15 is 0 Å². The van der Waals surface area contributed by atoms with Gasteiger partial charge < -0.3 is 10.4 Å². The number of carbonyl (C=O) groups is 2. The van der Waals surface area contributed by atoms with E-state index in [2.05, 4.69) is 22.4 Å². The SMILES string of the molecule is CN(C)C1C=c2c(O)cccc2=c2ccc3c(c21)CCCC=3C(=O)c1ccc(NC(=O)c2ccccc2Cl)cc1Cl. The highest BCUT2D eigenvalue weighted by Crippen LogP contribution is 2.32. The lowest BCUT2D eigenvalue weighted by Crippen LogP contribution is -2.31. The van der Waals surface area contributed by atoms with E-state index in [1.54, 1.807) is 48.5 Å². The van der Waals surface area contributed by atoms with E-state index in [0.29, 0.717) is 28.3 Å². The van der Waals surface area contributed by atoms with Crippen molar-refractivity contribution >= 4 is 52.2 Å². The number of phenols is 1. The second-order valence-corrected chi connectivity index (χ2v) is 11.5. The molecule has 1 unspecified atom stereocenters. The van der Waals surface area contributed by atoms with Crippen molar-refractivity contribution in [3.05, 3.63) is 126 Å². The molecule has 4 aromatic carbocycles. The largest absolute Gasteiger partial charge is 0.507 e. The number of hydrogen-bond donors (Lipinski definition) is 2. The third-order valence-corrected chi connectivity index (χ3v) is 8.59. The number of benzene rings is 4. The smallest absolute Gasteiger partial charge is 0.257 e. The van der Waals surface area contributed by atoms with Gasteiger partial charge in [0.2, 0.25) is 0 Å². The molecule has 0 spiro atoms. The number of carbonyl (C=O) groups excluding carboxylic acids is 2. The summed E-state index contributed by atoms with van der Waals surface area (Å²) in [6.45, 7) is 0. The Balaban J connectivity index is 1.43. The second kappa shape index (κ2) is 10.8. The summed E-state index contributed by atoms with van der Waals surface area (Å²) in [7, 11) is 4.06. The Kier molecular flexibility index (Phi) is 7.20. The number of halogens is 2. The normalized spacial score (nSPS) is 15.4. The van der Waals surface area contributed by atoms with Crippen LogP contribution in [0.25, 0.3) is 11.6 Å². The van der Waals surface area contributed by atoms with E-state index in [1.807, 2.05) is 32.3 Å². The molecule has 0 heterocycles. The van der Waals surface area contributed by atoms with Crippen LogP contribution in [0.15, 0.2) is 72.8 Å². The zero-order chi connectivity index (χ0) is 28.8. The summed E-state index contributed by atoms with van der Waals surface area (Å²) in [5, 5.41) is 17.9. The number of phenolic OH excluding ortho intramolecular Hbond substituents is 1. The second-order valence-electron chi connectivity index (χ2n) is 10.7. The first-order valence-corrected chi connectivity index (χ1v) is 14.3.